The molecule has 0 saturated heterocycles. The van der Waals surface area contributed by atoms with Crippen molar-refractivity contribution in [2.45, 2.75) is 194 Å². The Morgan fingerprint density at radius 3 is 1.07 bits per heavy atom. The molecule has 0 amide bonds. The van der Waals surface area contributed by atoms with Gasteiger partial charge < -0.3 is 23.6 Å². The molecular weight excluding hydrogens is 719 g/mol. The molecule has 0 unspecified atom stereocenters. The van der Waals surface area contributed by atoms with Gasteiger partial charge in [-0.05, 0) is 25.7 Å². The van der Waals surface area contributed by atoms with Crippen LogP contribution in [0.25, 0.3) is 0 Å². The van der Waals surface area contributed by atoms with Crippen LogP contribution in [0.1, 0.15) is 194 Å². The standard InChI is InChI=1S/C43H82NO5.CH4O4S/c1-4-6-8-10-12-14-16-18-20-22-24-26-28-30-32-34-42(46)48-40-37-44(3,36-39-45)38-41-49-43(47)35-33-31-29-27-25-23-21-19-17-15-13-11-9-7-5-2;1-5-6(2,3)4/h32-35,45H,4-31,36-41H2,1-3H3;1H3,(H,2,3,4)/q+1;/p-1. The van der Waals surface area contributed by atoms with Gasteiger partial charge in [-0.3, -0.25) is 4.18 Å². The molecular formula is C44H85NO9S. The van der Waals surface area contributed by atoms with Crippen LogP contribution in [0.5, 0.6) is 0 Å². The third kappa shape index (κ3) is 46.5. The number of rotatable bonds is 39. The maximum atomic E-state index is 12.2. The first-order valence-corrected chi connectivity index (χ1v) is 23.5. The maximum absolute atomic E-state index is 12.2. The van der Waals surface area contributed by atoms with Crippen molar-refractivity contribution in [1.29, 1.82) is 0 Å². The number of nitrogens with zero attached hydrogens (tertiary/aromatic N) is 1. The lowest BCUT2D eigenvalue weighted by Gasteiger charge is -2.33. The number of ether oxygens (including phenoxy) is 2. The second-order valence-corrected chi connectivity index (χ2v) is 16.4. The molecule has 0 fully saturated rings. The number of hydrogen-bond donors (Lipinski definition) is 1. The predicted molar refractivity (Wildman–Crippen MR) is 225 cm³/mol. The van der Waals surface area contributed by atoms with Crippen LogP contribution >= 0.6 is 0 Å². The van der Waals surface area contributed by atoms with E-state index in [0.29, 0.717) is 24.1 Å². The number of esters is 2. The van der Waals surface area contributed by atoms with E-state index in [1.165, 1.54) is 154 Å². The fraction of sp³-hybridized carbons (Fsp3) is 0.864. The van der Waals surface area contributed by atoms with Crippen LogP contribution in [-0.4, -0.2) is 88.1 Å². The van der Waals surface area contributed by atoms with E-state index >= 15 is 0 Å². The number of aliphatic hydroxyl groups excluding tert-OH is 1. The van der Waals surface area contributed by atoms with E-state index in [-0.39, 0.29) is 31.8 Å². The monoisotopic (exact) mass is 804 g/mol. The van der Waals surface area contributed by atoms with Gasteiger partial charge in [0.25, 0.3) is 0 Å². The smallest absolute Gasteiger partial charge is 0.330 e. The molecule has 0 aromatic heterocycles. The van der Waals surface area contributed by atoms with Crippen molar-refractivity contribution in [2.24, 2.45) is 0 Å². The predicted octanol–water partition coefficient (Wildman–Crippen LogP) is 10.7. The molecule has 55 heavy (non-hydrogen) atoms. The zero-order chi connectivity index (χ0) is 41.1. The molecule has 11 heteroatoms. The van der Waals surface area contributed by atoms with Gasteiger partial charge in [0.15, 0.2) is 0 Å². The Morgan fingerprint density at radius 1 is 0.545 bits per heavy atom. The largest absolute Gasteiger partial charge is 0.726 e. The summed E-state index contributed by atoms with van der Waals surface area (Å²) in [4.78, 5) is 24.3. The Morgan fingerprint density at radius 2 is 0.818 bits per heavy atom. The molecule has 0 spiro atoms. The van der Waals surface area contributed by atoms with Crippen molar-refractivity contribution < 1.29 is 45.8 Å². The molecule has 326 valence electrons. The van der Waals surface area contributed by atoms with Crippen molar-refractivity contribution >= 4 is 22.3 Å². The fourth-order valence-electron chi connectivity index (χ4n) is 6.33. The molecule has 0 aliphatic carbocycles. The van der Waals surface area contributed by atoms with Gasteiger partial charge in [-0.2, -0.15) is 0 Å². The van der Waals surface area contributed by atoms with Crippen LogP contribution < -0.4 is 0 Å². The highest BCUT2D eigenvalue weighted by atomic mass is 32.3. The minimum atomic E-state index is -4.41. The maximum Gasteiger partial charge on any atom is 0.330 e. The Bertz CT molecular complexity index is 959. The van der Waals surface area contributed by atoms with Crippen molar-refractivity contribution in [2.75, 3.05) is 53.6 Å². The number of carbonyl (C=O) groups excluding carboxylic acids is 2. The van der Waals surface area contributed by atoms with Crippen LogP contribution in [0.3, 0.4) is 0 Å². The summed E-state index contributed by atoms with van der Waals surface area (Å²) in [6.45, 7) is 6.74. The summed E-state index contributed by atoms with van der Waals surface area (Å²) in [6, 6.07) is 0. The van der Waals surface area contributed by atoms with Crippen LogP contribution in [0.15, 0.2) is 24.3 Å². The van der Waals surface area contributed by atoms with E-state index in [4.69, 9.17) is 9.47 Å². The van der Waals surface area contributed by atoms with Gasteiger partial charge in [0.1, 0.15) is 32.8 Å². The van der Waals surface area contributed by atoms with Gasteiger partial charge in [-0.1, -0.05) is 180 Å². The summed E-state index contributed by atoms with van der Waals surface area (Å²) in [5.41, 5.74) is 0. The first kappa shape index (κ1) is 55.3. The van der Waals surface area contributed by atoms with E-state index in [1.807, 2.05) is 19.2 Å². The summed E-state index contributed by atoms with van der Waals surface area (Å²) < 4.78 is 42.3. The zero-order valence-corrected chi connectivity index (χ0v) is 36.7. The number of likely N-dealkylation sites (N-methyl/N-ethyl adjacent to an activating group) is 1. The average molecular weight is 804 g/mol. The lowest BCUT2D eigenvalue weighted by atomic mass is 10.0. The molecule has 0 saturated carbocycles. The number of unbranched alkanes of at least 4 members (excludes halogenated alkanes) is 26. The summed E-state index contributed by atoms with van der Waals surface area (Å²) >= 11 is 0. The van der Waals surface area contributed by atoms with Gasteiger partial charge >= 0.3 is 11.9 Å². The Hall–Kier alpha value is -1.79. The van der Waals surface area contributed by atoms with Gasteiger partial charge in [0.05, 0.1) is 20.8 Å². The highest BCUT2D eigenvalue weighted by Gasteiger charge is 2.22. The van der Waals surface area contributed by atoms with E-state index in [2.05, 4.69) is 18.0 Å². The third-order valence-electron chi connectivity index (χ3n) is 10.1. The van der Waals surface area contributed by atoms with Crippen LogP contribution in [0.2, 0.25) is 0 Å². The third-order valence-corrected chi connectivity index (χ3v) is 10.5. The molecule has 0 atom stereocenters. The highest BCUT2D eigenvalue weighted by Crippen LogP contribution is 2.14. The van der Waals surface area contributed by atoms with Gasteiger partial charge in [-0.15, -0.1) is 0 Å². The number of aliphatic hydroxyl groups is 1. The van der Waals surface area contributed by atoms with Crippen LogP contribution in [0.4, 0.5) is 0 Å². The molecule has 0 heterocycles. The van der Waals surface area contributed by atoms with Gasteiger partial charge in [0, 0.05) is 12.2 Å². The van der Waals surface area contributed by atoms with E-state index in [0.717, 1.165) is 32.8 Å². The first-order valence-electron chi connectivity index (χ1n) is 22.2. The topological polar surface area (TPSA) is 139 Å². The summed E-state index contributed by atoms with van der Waals surface area (Å²) in [5.74, 6) is -0.629. The molecule has 0 aliphatic rings. The van der Waals surface area contributed by atoms with Crippen LogP contribution in [-0.2, 0) is 33.6 Å². The quantitative estimate of drug-likeness (QED) is 0.0161. The van der Waals surface area contributed by atoms with E-state index < -0.39 is 10.4 Å². The first-order chi connectivity index (χ1) is 26.5. The van der Waals surface area contributed by atoms with Crippen molar-refractivity contribution in [3.63, 3.8) is 0 Å². The number of hydrogen-bond acceptors (Lipinski definition) is 9. The molecule has 0 aromatic carbocycles. The van der Waals surface area contributed by atoms with Crippen LogP contribution in [0, 0.1) is 0 Å². The molecule has 0 aliphatic heterocycles. The second-order valence-electron chi connectivity index (χ2n) is 15.3. The number of quaternary nitrogens is 1. The highest BCUT2D eigenvalue weighted by molar-refractivity contribution is 7.80. The van der Waals surface area contributed by atoms with Crippen molar-refractivity contribution in [1.82, 2.24) is 0 Å². The van der Waals surface area contributed by atoms with E-state index in [1.54, 1.807) is 12.2 Å². The number of carbonyl (C=O) groups is 2. The van der Waals surface area contributed by atoms with Gasteiger partial charge in [0.2, 0.25) is 10.4 Å². The zero-order valence-electron chi connectivity index (χ0n) is 35.9. The summed E-state index contributed by atoms with van der Waals surface area (Å²) in [6.07, 6.45) is 43.5. The lowest BCUT2D eigenvalue weighted by molar-refractivity contribution is -0.910. The molecule has 0 rings (SSSR count). The lowest BCUT2D eigenvalue weighted by Crippen LogP contribution is -2.50. The van der Waals surface area contributed by atoms with Gasteiger partial charge in [-0.25, -0.2) is 18.0 Å². The number of allylic oxidation sites excluding steroid dienone is 2. The minimum absolute atomic E-state index is 0.0243. The Balaban J connectivity index is 0. The van der Waals surface area contributed by atoms with Crippen molar-refractivity contribution in [3.8, 4) is 0 Å². The Kier molecular flexibility index (Phi) is 42.1. The summed E-state index contributed by atoms with van der Waals surface area (Å²) in [5, 5.41) is 9.57. The Labute approximate surface area is 338 Å². The fourth-order valence-corrected chi connectivity index (χ4v) is 6.33. The molecule has 10 nitrogen and oxygen atoms in total. The molecule has 0 aromatic rings. The summed E-state index contributed by atoms with van der Waals surface area (Å²) in [7, 11) is -1.61. The second kappa shape index (κ2) is 41.8. The molecule has 1 N–H and O–H groups in total. The minimum Gasteiger partial charge on any atom is -0.726 e. The average Bonchev–Trinajstić information content (AvgIpc) is 3.15. The van der Waals surface area contributed by atoms with Crippen molar-refractivity contribution in [3.05, 3.63) is 24.3 Å². The van der Waals surface area contributed by atoms with E-state index in [9.17, 15) is 27.7 Å². The SMILES string of the molecule is CCCCCCCCCCCCCCCC=CC(=O)OCC[N+](C)(CCO)CCOC(=O)C=CCCCCCCCCCCCCCCC.COS(=O)(=O)[O-]. The normalized spacial score (nSPS) is 12.8. The molecule has 0 radical (unpaired) electrons. The molecule has 0 bridgehead atoms.